The van der Waals surface area contributed by atoms with E-state index in [1.54, 1.807) is 12.1 Å². The van der Waals surface area contributed by atoms with Gasteiger partial charge in [0.1, 0.15) is 12.6 Å². The number of nitrogens with one attached hydrogen (secondary N) is 1. The van der Waals surface area contributed by atoms with Crippen LogP contribution in [0.2, 0.25) is 5.02 Å². The van der Waals surface area contributed by atoms with Gasteiger partial charge >= 0.3 is 11.7 Å². The fourth-order valence-corrected chi connectivity index (χ4v) is 2.92. The Morgan fingerprint density at radius 1 is 1.22 bits per heavy atom. The lowest BCUT2D eigenvalue weighted by atomic mass is 10.1. The zero-order valence-corrected chi connectivity index (χ0v) is 15.2. The number of hydrogen-bond donors (Lipinski definition) is 1. The third-order valence-corrected chi connectivity index (χ3v) is 4.27. The lowest BCUT2D eigenvalue weighted by Crippen LogP contribution is -2.45. The molecule has 0 aliphatic heterocycles. The molecule has 3 aromatic rings. The van der Waals surface area contributed by atoms with Crippen LogP contribution in [0.25, 0.3) is 11.1 Å². The van der Waals surface area contributed by atoms with Gasteiger partial charge in [0, 0.05) is 11.4 Å². The minimum atomic E-state index is -0.873. The number of ether oxygens (including phenoxy) is 1. The molecule has 7 nitrogen and oxygen atoms in total. The summed E-state index contributed by atoms with van der Waals surface area (Å²) in [5.74, 6) is -1.77. The van der Waals surface area contributed by atoms with E-state index in [1.165, 1.54) is 13.2 Å². The Hall–Kier alpha value is -3.06. The predicted molar refractivity (Wildman–Crippen MR) is 99.6 cm³/mol. The number of nitrogens with zero attached hydrogens (tertiary/aromatic N) is 1. The Morgan fingerprint density at radius 2 is 1.96 bits per heavy atom. The topological polar surface area (TPSA) is 90.5 Å². The van der Waals surface area contributed by atoms with Gasteiger partial charge in [0.15, 0.2) is 5.58 Å². The van der Waals surface area contributed by atoms with Crippen LogP contribution in [0.5, 0.6) is 0 Å². The molecule has 1 N–H and O–H groups in total. The van der Waals surface area contributed by atoms with Crippen LogP contribution < -0.4 is 11.1 Å². The summed E-state index contributed by atoms with van der Waals surface area (Å²) in [6, 6.07) is 13.0. The van der Waals surface area contributed by atoms with E-state index in [9.17, 15) is 14.4 Å². The number of halogens is 1. The molecule has 1 unspecified atom stereocenters. The van der Waals surface area contributed by atoms with Crippen LogP contribution in [-0.4, -0.2) is 29.6 Å². The number of hydrogen-bond acceptors (Lipinski definition) is 5. The van der Waals surface area contributed by atoms with Gasteiger partial charge in [0.25, 0.3) is 0 Å². The predicted octanol–water partition coefficient (Wildman–Crippen LogP) is 2.15. The number of methoxy groups -OCH3 is 1. The molecule has 0 fully saturated rings. The quantitative estimate of drug-likeness (QED) is 0.653. The number of fused-ring (bicyclic) bond motifs is 1. The van der Waals surface area contributed by atoms with Crippen LogP contribution in [0, 0.1) is 0 Å². The second kappa shape index (κ2) is 8.09. The van der Waals surface area contributed by atoms with E-state index in [1.807, 2.05) is 30.3 Å². The number of carbonyl (C=O) groups is 2. The van der Waals surface area contributed by atoms with Gasteiger partial charge in [-0.1, -0.05) is 41.9 Å². The molecular weight excluding hydrogens is 372 g/mol. The van der Waals surface area contributed by atoms with E-state index in [-0.39, 0.29) is 13.0 Å². The fourth-order valence-electron chi connectivity index (χ4n) is 2.75. The molecule has 0 saturated carbocycles. The Balaban J connectivity index is 1.78. The highest BCUT2D eigenvalue weighted by molar-refractivity contribution is 6.31. The van der Waals surface area contributed by atoms with Crippen LogP contribution in [0.1, 0.15) is 5.56 Å². The molecule has 1 aromatic heterocycles. The van der Waals surface area contributed by atoms with E-state index < -0.39 is 23.7 Å². The smallest absolute Gasteiger partial charge is 0.420 e. The van der Waals surface area contributed by atoms with Gasteiger partial charge in [0.2, 0.25) is 5.91 Å². The molecule has 2 aromatic carbocycles. The van der Waals surface area contributed by atoms with E-state index in [4.69, 9.17) is 20.8 Å². The molecule has 27 heavy (non-hydrogen) atoms. The fraction of sp³-hybridized carbons (Fsp3) is 0.211. The monoisotopic (exact) mass is 388 g/mol. The number of aromatic nitrogens is 1. The molecule has 3 rings (SSSR count). The summed E-state index contributed by atoms with van der Waals surface area (Å²) < 4.78 is 11.0. The summed E-state index contributed by atoms with van der Waals surface area (Å²) in [5.41, 5.74) is 1.59. The van der Waals surface area contributed by atoms with E-state index in [2.05, 4.69) is 5.32 Å². The summed E-state index contributed by atoms with van der Waals surface area (Å²) in [5, 5.41) is 3.02. The van der Waals surface area contributed by atoms with Crippen LogP contribution in [0.15, 0.2) is 57.7 Å². The molecule has 1 atom stereocenters. The molecule has 140 valence electrons. The number of carbonyl (C=O) groups excluding carboxylic acids is 2. The number of oxazole rings is 1. The van der Waals surface area contributed by atoms with Crippen molar-refractivity contribution in [3.63, 3.8) is 0 Å². The van der Waals surface area contributed by atoms with Crippen LogP contribution in [0.4, 0.5) is 0 Å². The zero-order valence-electron chi connectivity index (χ0n) is 14.5. The zero-order chi connectivity index (χ0) is 19.4. The summed E-state index contributed by atoms with van der Waals surface area (Å²) in [6.45, 7) is -0.311. The third kappa shape index (κ3) is 4.38. The number of amides is 1. The molecule has 8 heteroatoms. The van der Waals surface area contributed by atoms with Crippen molar-refractivity contribution in [2.75, 3.05) is 7.11 Å². The average molecular weight is 389 g/mol. The molecule has 0 aliphatic rings. The van der Waals surface area contributed by atoms with Crippen molar-refractivity contribution in [2.45, 2.75) is 19.0 Å². The SMILES string of the molecule is COC(=O)C(Cc1ccccc1)NC(=O)Cn1c(=O)oc2ccc(Cl)cc21. The molecule has 0 bridgehead atoms. The van der Waals surface area contributed by atoms with Gasteiger partial charge in [-0.15, -0.1) is 0 Å². The Bertz CT molecular complexity index is 1030. The molecule has 0 spiro atoms. The normalized spacial score (nSPS) is 11.9. The first-order valence-corrected chi connectivity index (χ1v) is 8.55. The van der Waals surface area contributed by atoms with Crippen LogP contribution in [-0.2, 0) is 27.3 Å². The first kappa shape index (κ1) is 18.7. The largest absolute Gasteiger partial charge is 0.467 e. The lowest BCUT2D eigenvalue weighted by molar-refractivity contribution is -0.145. The van der Waals surface area contributed by atoms with E-state index in [0.29, 0.717) is 16.1 Å². The average Bonchev–Trinajstić information content (AvgIpc) is 2.96. The Morgan fingerprint density at radius 3 is 2.67 bits per heavy atom. The highest BCUT2D eigenvalue weighted by Gasteiger charge is 2.23. The first-order valence-electron chi connectivity index (χ1n) is 8.18. The number of rotatable bonds is 6. The third-order valence-electron chi connectivity index (χ3n) is 4.03. The van der Waals surface area contributed by atoms with Gasteiger partial charge in [-0.05, 0) is 23.8 Å². The molecule has 0 aliphatic carbocycles. The second-order valence-corrected chi connectivity index (χ2v) is 6.34. The maximum Gasteiger partial charge on any atom is 0.420 e. The lowest BCUT2D eigenvalue weighted by Gasteiger charge is -2.16. The van der Waals surface area contributed by atoms with Gasteiger partial charge in [-0.2, -0.15) is 0 Å². The van der Waals surface area contributed by atoms with Crippen LogP contribution in [0.3, 0.4) is 0 Å². The summed E-state index contributed by atoms with van der Waals surface area (Å²) in [7, 11) is 1.25. The number of esters is 1. The highest BCUT2D eigenvalue weighted by atomic mass is 35.5. The molecule has 0 saturated heterocycles. The van der Waals surface area contributed by atoms with Crippen LogP contribution >= 0.6 is 11.6 Å². The van der Waals surface area contributed by atoms with E-state index in [0.717, 1.165) is 10.1 Å². The molecule has 1 heterocycles. The summed E-state index contributed by atoms with van der Waals surface area (Å²) in [6.07, 6.45) is 0.270. The van der Waals surface area contributed by atoms with Crippen molar-refractivity contribution in [1.82, 2.24) is 9.88 Å². The van der Waals surface area contributed by atoms with Gasteiger partial charge < -0.3 is 14.5 Å². The summed E-state index contributed by atoms with van der Waals surface area (Å²) >= 11 is 5.95. The Kier molecular flexibility index (Phi) is 5.61. The van der Waals surface area contributed by atoms with E-state index >= 15 is 0 Å². The molecule has 0 radical (unpaired) electrons. The second-order valence-electron chi connectivity index (χ2n) is 5.90. The van der Waals surface area contributed by atoms with Crippen molar-refractivity contribution in [1.29, 1.82) is 0 Å². The van der Waals surface area contributed by atoms with Crippen molar-refractivity contribution in [2.24, 2.45) is 0 Å². The summed E-state index contributed by atoms with van der Waals surface area (Å²) in [4.78, 5) is 36.5. The van der Waals surface area contributed by atoms with Crippen molar-refractivity contribution in [3.8, 4) is 0 Å². The maximum absolute atomic E-state index is 12.5. The van der Waals surface area contributed by atoms with Crippen molar-refractivity contribution >= 4 is 34.6 Å². The molecular formula is C19H17ClN2O5. The first-order chi connectivity index (χ1) is 13.0. The highest BCUT2D eigenvalue weighted by Crippen LogP contribution is 2.18. The van der Waals surface area contributed by atoms with Crippen molar-refractivity contribution < 1.29 is 18.7 Å². The Labute approximate surface area is 159 Å². The maximum atomic E-state index is 12.5. The standard InChI is InChI=1S/C19H17ClN2O5/c1-26-18(24)14(9-12-5-3-2-4-6-12)21-17(23)11-22-15-10-13(20)7-8-16(15)27-19(22)25/h2-8,10,14H,9,11H2,1H3,(H,21,23). The minimum Gasteiger partial charge on any atom is -0.467 e. The van der Waals surface area contributed by atoms with Crippen molar-refractivity contribution in [3.05, 3.63) is 69.7 Å². The van der Waals surface area contributed by atoms with Gasteiger partial charge in [-0.3, -0.25) is 9.36 Å². The minimum absolute atomic E-state index is 0.270. The number of benzene rings is 2. The van der Waals surface area contributed by atoms with Gasteiger partial charge in [-0.25, -0.2) is 9.59 Å². The van der Waals surface area contributed by atoms with Gasteiger partial charge in [0.05, 0.1) is 12.6 Å². The molecule has 1 amide bonds.